The summed E-state index contributed by atoms with van der Waals surface area (Å²) < 4.78 is 56.5. The first-order chi connectivity index (χ1) is 24.7. The number of halogens is 3. The second-order valence-electron chi connectivity index (χ2n) is 13.2. The van der Waals surface area contributed by atoms with Crippen LogP contribution in [-0.2, 0) is 16.9 Å². The molecule has 4 aromatic carbocycles. The molecule has 2 fully saturated rings. The summed E-state index contributed by atoms with van der Waals surface area (Å²) in [5.41, 5.74) is 3.46. The molecular weight excluding hydrogens is 657 g/mol. The quantitative estimate of drug-likeness (QED) is 0.171. The van der Waals surface area contributed by atoms with Gasteiger partial charge in [-0.25, -0.2) is 22.8 Å². The van der Waals surface area contributed by atoms with Gasteiger partial charge in [-0.05, 0) is 91.2 Å². The summed E-state index contributed by atoms with van der Waals surface area (Å²) in [5, 5.41) is 7.01. The van der Waals surface area contributed by atoms with Crippen molar-refractivity contribution in [1.82, 2.24) is 14.8 Å². The zero-order valence-corrected chi connectivity index (χ0v) is 28.4. The van der Waals surface area contributed by atoms with Crippen molar-refractivity contribution in [2.75, 3.05) is 54.5 Å². The number of anilines is 3. The minimum Gasteiger partial charge on any atom is -0.493 e. The number of nitrogens with zero attached hydrogens (tertiary/aromatic N) is 5. The fraction of sp³-hybridized carbons (Fsp3) is 0.308. The lowest BCUT2D eigenvalue weighted by Crippen LogP contribution is -2.46. The van der Waals surface area contributed by atoms with Gasteiger partial charge in [0, 0.05) is 66.4 Å². The van der Waals surface area contributed by atoms with Crippen molar-refractivity contribution >= 4 is 23.0 Å². The van der Waals surface area contributed by atoms with Gasteiger partial charge in [0.1, 0.15) is 41.5 Å². The number of nitrogens with one attached hydrogen (secondary N) is 1. The van der Waals surface area contributed by atoms with Crippen LogP contribution in [0.5, 0.6) is 5.75 Å². The molecule has 9 nitrogen and oxygen atoms in total. The van der Waals surface area contributed by atoms with Gasteiger partial charge in [0.05, 0.1) is 19.8 Å². The Labute approximate surface area is 294 Å². The van der Waals surface area contributed by atoms with Crippen LogP contribution in [0.25, 0.3) is 0 Å². The molecule has 1 amide bonds. The highest BCUT2D eigenvalue weighted by molar-refractivity contribution is 6.04. The molecule has 3 atom stereocenters. The van der Waals surface area contributed by atoms with E-state index >= 15 is 4.39 Å². The number of hydrogen-bond acceptors (Lipinski definition) is 7. The number of amides is 1. The normalized spacial score (nSPS) is 20.4. The molecule has 0 saturated carbocycles. The fourth-order valence-corrected chi connectivity index (χ4v) is 7.06. The molecule has 264 valence electrons. The van der Waals surface area contributed by atoms with Crippen molar-refractivity contribution in [2.45, 2.75) is 26.0 Å². The molecular formula is C39H39F3N6O3. The van der Waals surface area contributed by atoms with Crippen LogP contribution < -0.4 is 19.9 Å². The molecule has 2 saturated heterocycles. The predicted molar refractivity (Wildman–Crippen MR) is 189 cm³/mol. The van der Waals surface area contributed by atoms with E-state index < -0.39 is 17.2 Å². The number of hydrogen-bond donors (Lipinski definition) is 1. The largest absolute Gasteiger partial charge is 0.493 e. The Morgan fingerprint density at radius 1 is 0.902 bits per heavy atom. The number of piperazine rings is 1. The van der Waals surface area contributed by atoms with Crippen LogP contribution in [0.3, 0.4) is 0 Å². The van der Waals surface area contributed by atoms with Gasteiger partial charge in [0.15, 0.2) is 0 Å². The summed E-state index contributed by atoms with van der Waals surface area (Å²) in [7, 11) is 0. The number of carbonyl (C=O) groups is 1. The van der Waals surface area contributed by atoms with E-state index in [2.05, 4.69) is 37.3 Å². The molecule has 1 N–H and O–H groups in total. The molecule has 7 rings (SSSR count). The van der Waals surface area contributed by atoms with E-state index in [9.17, 15) is 13.6 Å². The molecule has 0 bridgehead atoms. The average Bonchev–Trinajstić information content (AvgIpc) is 3.76. The third-order valence-corrected chi connectivity index (χ3v) is 10.1. The summed E-state index contributed by atoms with van der Waals surface area (Å²) >= 11 is 0. The monoisotopic (exact) mass is 696 g/mol. The Morgan fingerprint density at radius 2 is 1.59 bits per heavy atom. The minimum absolute atomic E-state index is 0.0524. The zero-order valence-electron chi connectivity index (χ0n) is 28.4. The number of aromatic nitrogens is 3. The molecule has 1 unspecified atom stereocenters. The number of aryl methyl sites for hydroxylation is 1. The Morgan fingerprint density at radius 3 is 2.25 bits per heavy atom. The third-order valence-electron chi connectivity index (χ3n) is 10.1. The van der Waals surface area contributed by atoms with Gasteiger partial charge >= 0.3 is 0 Å². The van der Waals surface area contributed by atoms with Crippen LogP contribution in [0.2, 0.25) is 0 Å². The molecule has 51 heavy (non-hydrogen) atoms. The van der Waals surface area contributed by atoms with Gasteiger partial charge in [-0.3, -0.25) is 4.79 Å². The van der Waals surface area contributed by atoms with E-state index in [4.69, 9.17) is 9.47 Å². The summed E-state index contributed by atoms with van der Waals surface area (Å²) in [6.07, 6.45) is 2.98. The van der Waals surface area contributed by atoms with Crippen molar-refractivity contribution in [3.8, 4) is 5.75 Å². The van der Waals surface area contributed by atoms with Crippen LogP contribution in [0.15, 0.2) is 97.6 Å². The summed E-state index contributed by atoms with van der Waals surface area (Å²) in [6, 6.07) is 23.0. The SMILES string of the molecule is Cc1cc(N2CCN(c3ccc(C(=O)Nc4ccc(F)cc4)cc3)CC2)ccc1OC[C@@H]1CO[C@@](Cn2cncn2)(c2ccc(F)cc2F)C1C. The van der Waals surface area contributed by atoms with Crippen LogP contribution in [0, 0.1) is 36.2 Å². The number of rotatable bonds is 10. The Balaban J connectivity index is 0.944. The van der Waals surface area contributed by atoms with E-state index in [1.807, 2.05) is 32.0 Å². The maximum absolute atomic E-state index is 15.2. The van der Waals surface area contributed by atoms with E-state index in [0.29, 0.717) is 24.5 Å². The van der Waals surface area contributed by atoms with Crippen molar-refractivity contribution in [3.63, 3.8) is 0 Å². The smallest absolute Gasteiger partial charge is 0.255 e. The molecule has 1 aromatic heterocycles. The Hall–Kier alpha value is -5.36. The summed E-state index contributed by atoms with van der Waals surface area (Å²) in [6.45, 7) is 8.29. The standard InChI is InChI=1S/C39H39F3N6O3/c1-26-19-34(47-17-15-46(16-18-47)33-10-3-28(4-11-33)38(49)45-32-8-5-30(40)6-9-32)12-14-37(26)50-21-29-22-51-39(27(29)2,23-48-25-43-24-44-48)35-13-7-31(41)20-36(35)42/h3-14,19-20,24-25,27,29H,15-18,21-23H2,1-2H3,(H,45,49)/t27?,29-,39-/m1/s1. The number of benzene rings is 4. The van der Waals surface area contributed by atoms with Gasteiger partial charge < -0.3 is 24.6 Å². The summed E-state index contributed by atoms with van der Waals surface area (Å²) in [5.74, 6) is -1.35. The molecule has 2 aliphatic rings. The lowest BCUT2D eigenvalue weighted by atomic mass is 9.77. The highest BCUT2D eigenvalue weighted by atomic mass is 19.1. The lowest BCUT2D eigenvalue weighted by Gasteiger charge is -2.37. The Bertz CT molecular complexity index is 1970. The van der Waals surface area contributed by atoms with E-state index in [1.165, 1.54) is 42.7 Å². The third kappa shape index (κ3) is 7.27. The van der Waals surface area contributed by atoms with E-state index in [0.717, 1.165) is 54.9 Å². The van der Waals surface area contributed by atoms with Crippen molar-refractivity contribution in [2.24, 2.45) is 11.8 Å². The topological polar surface area (TPSA) is 84.8 Å². The fourth-order valence-electron chi connectivity index (χ4n) is 7.06. The average molecular weight is 697 g/mol. The van der Waals surface area contributed by atoms with Gasteiger partial charge in [0.2, 0.25) is 0 Å². The minimum atomic E-state index is -1.07. The highest BCUT2D eigenvalue weighted by Gasteiger charge is 2.50. The van der Waals surface area contributed by atoms with Crippen molar-refractivity contribution < 1.29 is 27.4 Å². The molecule has 0 radical (unpaired) electrons. The second-order valence-corrected chi connectivity index (χ2v) is 13.2. The van der Waals surface area contributed by atoms with Gasteiger partial charge in [-0.15, -0.1) is 0 Å². The summed E-state index contributed by atoms with van der Waals surface area (Å²) in [4.78, 5) is 21.3. The lowest BCUT2D eigenvalue weighted by molar-refractivity contribution is -0.0424. The zero-order chi connectivity index (χ0) is 35.5. The van der Waals surface area contributed by atoms with E-state index in [1.54, 1.807) is 23.1 Å². The van der Waals surface area contributed by atoms with Crippen LogP contribution >= 0.6 is 0 Å². The first-order valence-corrected chi connectivity index (χ1v) is 17.0. The molecule has 5 aromatic rings. The maximum Gasteiger partial charge on any atom is 0.255 e. The molecule has 0 aliphatic carbocycles. The molecule has 2 aliphatic heterocycles. The van der Waals surface area contributed by atoms with Crippen molar-refractivity contribution in [3.05, 3.63) is 132 Å². The predicted octanol–water partition coefficient (Wildman–Crippen LogP) is 6.84. The van der Waals surface area contributed by atoms with Crippen LogP contribution in [0.1, 0.15) is 28.4 Å². The highest BCUT2D eigenvalue weighted by Crippen LogP contribution is 2.46. The Kier molecular flexibility index (Phi) is 9.68. The van der Waals surface area contributed by atoms with Crippen LogP contribution in [-0.4, -0.2) is 60.1 Å². The molecule has 3 heterocycles. The first-order valence-electron chi connectivity index (χ1n) is 17.0. The van der Waals surface area contributed by atoms with Crippen molar-refractivity contribution in [1.29, 1.82) is 0 Å². The van der Waals surface area contributed by atoms with Gasteiger partial charge in [-0.2, -0.15) is 5.10 Å². The molecule has 0 spiro atoms. The van der Waals surface area contributed by atoms with Crippen LogP contribution in [0.4, 0.5) is 30.2 Å². The first kappa shape index (κ1) is 34.1. The molecule has 12 heteroatoms. The maximum atomic E-state index is 15.2. The second kappa shape index (κ2) is 14.5. The van der Waals surface area contributed by atoms with Gasteiger partial charge in [0.25, 0.3) is 5.91 Å². The van der Waals surface area contributed by atoms with Gasteiger partial charge in [-0.1, -0.05) is 13.0 Å². The number of ether oxygens (including phenoxy) is 2. The van der Waals surface area contributed by atoms with E-state index in [-0.39, 0.29) is 35.7 Å². The number of carbonyl (C=O) groups excluding carboxylic acids is 1.